The minimum Gasteiger partial charge on any atom is -0.363 e. The maximum atomic E-state index is 12.7. The Balaban J connectivity index is 1.84. The fraction of sp³-hybridized carbons (Fsp3) is 0.111. The third kappa shape index (κ3) is 4.21. The molecule has 0 aliphatic carbocycles. The van der Waals surface area contributed by atoms with E-state index in [2.05, 4.69) is 20.4 Å². The summed E-state index contributed by atoms with van der Waals surface area (Å²) < 4.78 is 4.89. The monoisotopic (exact) mass is 365 g/mol. The molecule has 136 valence electrons. The summed E-state index contributed by atoms with van der Waals surface area (Å²) in [6.45, 7) is 0. The second kappa shape index (κ2) is 8.00. The molecule has 0 radical (unpaired) electrons. The van der Waals surface area contributed by atoms with Gasteiger partial charge in [0.25, 0.3) is 11.8 Å². The van der Waals surface area contributed by atoms with Crippen LogP contribution in [0.2, 0.25) is 0 Å². The van der Waals surface area contributed by atoms with Gasteiger partial charge in [-0.1, -0.05) is 11.2 Å². The highest BCUT2D eigenvalue weighted by Crippen LogP contribution is 2.19. The highest BCUT2D eigenvalue weighted by Gasteiger charge is 2.28. The number of nitrogens with zero attached hydrogens (tertiary/aromatic N) is 3. The van der Waals surface area contributed by atoms with Crippen molar-refractivity contribution in [2.24, 2.45) is 5.73 Å². The summed E-state index contributed by atoms with van der Waals surface area (Å²) in [6, 6.07) is 7.33. The first-order valence-corrected chi connectivity index (χ1v) is 7.95. The number of amides is 2. The average Bonchev–Trinajstić information content (AvgIpc) is 3.18. The lowest BCUT2D eigenvalue weighted by Gasteiger charge is -2.16. The molecule has 0 aliphatic rings. The van der Waals surface area contributed by atoms with Crippen LogP contribution in [0, 0.1) is 0 Å². The van der Waals surface area contributed by atoms with Crippen LogP contribution in [0.3, 0.4) is 0 Å². The second-order valence-corrected chi connectivity index (χ2v) is 5.61. The van der Waals surface area contributed by atoms with Gasteiger partial charge in [0.1, 0.15) is 23.6 Å². The summed E-state index contributed by atoms with van der Waals surface area (Å²) in [7, 11) is 0. The van der Waals surface area contributed by atoms with Crippen LogP contribution in [-0.2, 0) is 16.0 Å². The lowest BCUT2D eigenvalue weighted by atomic mass is 10.0. The minimum absolute atomic E-state index is 0.0836. The van der Waals surface area contributed by atoms with Gasteiger partial charge in [-0.2, -0.15) is 0 Å². The third-order valence-corrected chi connectivity index (χ3v) is 3.78. The number of carbonyl (C=O) groups is 3. The number of hydrogen-bond acceptors (Lipinski definition) is 7. The predicted octanol–water partition coefficient (Wildman–Crippen LogP) is 0.527. The molecule has 0 fully saturated rings. The fourth-order valence-corrected chi connectivity index (χ4v) is 2.46. The van der Waals surface area contributed by atoms with Crippen LogP contribution in [0.5, 0.6) is 0 Å². The topological polar surface area (TPSA) is 141 Å². The van der Waals surface area contributed by atoms with E-state index in [0.717, 1.165) is 6.26 Å². The van der Waals surface area contributed by atoms with Crippen molar-refractivity contribution in [2.45, 2.75) is 12.5 Å². The largest absolute Gasteiger partial charge is 0.363 e. The van der Waals surface area contributed by atoms with Crippen LogP contribution in [-0.4, -0.2) is 38.8 Å². The van der Waals surface area contributed by atoms with Crippen LogP contribution >= 0.6 is 0 Å². The molecule has 3 N–H and O–H groups in total. The number of nitrogens with two attached hydrogens (primary N) is 1. The molecule has 1 atom stereocenters. The summed E-state index contributed by atoms with van der Waals surface area (Å²) in [4.78, 5) is 44.2. The van der Waals surface area contributed by atoms with Crippen LogP contribution < -0.4 is 11.1 Å². The molecule has 0 bridgehead atoms. The smallest absolute Gasteiger partial charge is 0.287 e. The molecule has 1 unspecified atom stereocenters. The van der Waals surface area contributed by atoms with Crippen LogP contribution in [0.4, 0.5) is 0 Å². The molecule has 27 heavy (non-hydrogen) atoms. The maximum absolute atomic E-state index is 12.7. The Kier molecular flexibility index (Phi) is 5.31. The first-order valence-electron chi connectivity index (χ1n) is 7.95. The van der Waals surface area contributed by atoms with Crippen LogP contribution in [0.25, 0.3) is 11.4 Å². The first kappa shape index (κ1) is 17.9. The molecule has 9 heteroatoms. The number of primary amides is 1. The summed E-state index contributed by atoms with van der Waals surface area (Å²) in [5, 5.41) is 6.32. The first-order chi connectivity index (χ1) is 13.1. The molecule has 0 saturated carbocycles. The summed E-state index contributed by atoms with van der Waals surface area (Å²) in [6.07, 6.45) is 5.87. The van der Waals surface area contributed by atoms with Gasteiger partial charge in [0.05, 0.1) is 5.69 Å². The molecule has 0 spiro atoms. The van der Waals surface area contributed by atoms with Gasteiger partial charge in [-0.25, -0.2) is 0 Å². The van der Waals surface area contributed by atoms with Crippen LogP contribution in [0.1, 0.15) is 15.9 Å². The minimum atomic E-state index is -1.14. The van der Waals surface area contributed by atoms with E-state index in [0.29, 0.717) is 11.3 Å². The number of Topliss-reactive ketones (excluding diaryl/α,β-unsaturated/α-hetero) is 1. The van der Waals surface area contributed by atoms with Crippen molar-refractivity contribution in [1.82, 2.24) is 20.4 Å². The molecular formula is C18H15N5O4. The Hall–Kier alpha value is -3.88. The van der Waals surface area contributed by atoms with Crippen molar-refractivity contribution in [2.75, 3.05) is 0 Å². The zero-order chi connectivity index (χ0) is 19.2. The van der Waals surface area contributed by atoms with Crippen molar-refractivity contribution >= 4 is 17.6 Å². The lowest BCUT2D eigenvalue weighted by Crippen LogP contribution is -2.47. The Morgan fingerprint density at radius 3 is 2.56 bits per heavy atom. The highest BCUT2D eigenvalue weighted by atomic mass is 16.5. The fourth-order valence-electron chi connectivity index (χ4n) is 2.46. The quantitative estimate of drug-likeness (QED) is 0.582. The van der Waals surface area contributed by atoms with E-state index in [1.807, 2.05) is 0 Å². The number of pyridine rings is 2. The Morgan fingerprint density at radius 2 is 1.89 bits per heavy atom. The van der Waals surface area contributed by atoms with Gasteiger partial charge in [-0.3, -0.25) is 24.4 Å². The van der Waals surface area contributed by atoms with Crippen molar-refractivity contribution < 1.29 is 18.9 Å². The second-order valence-electron chi connectivity index (χ2n) is 5.61. The zero-order valence-electron chi connectivity index (χ0n) is 14.0. The zero-order valence-corrected chi connectivity index (χ0v) is 14.0. The molecule has 0 aromatic carbocycles. The normalized spacial score (nSPS) is 11.6. The Morgan fingerprint density at radius 1 is 1.11 bits per heavy atom. The van der Waals surface area contributed by atoms with E-state index in [-0.39, 0.29) is 17.7 Å². The van der Waals surface area contributed by atoms with E-state index in [9.17, 15) is 14.4 Å². The molecule has 3 aromatic heterocycles. The molecular weight excluding hydrogens is 350 g/mol. The maximum Gasteiger partial charge on any atom is 0.287 e. The standard InChI is InChI=1S/C18H15N5O4/c19-17(25)16(24)14(9-11-4-7-20-8-5-11)22-18(26)12-10-27-23-15(12)13-3-1-2-6-21-13/h1-8,10,14H,9H2,(H2,19,25)(H,22,26). The molecule has 3 aromatic rings. The SMILES string of the molecule is NC(=O)C(=O)C(Cc1ccncc1)NC(=O)c1conc1-c1ccccn1. The Bertz CT molecular complexity index is 956. The average molecular weight is 365 g/mol. The number of hydrogen-bond donors (Lipinski definition) is 2. The summed E-state index contributed by atoms with van der Waals surface area (Å²) in [5.41, 5.74) is 6.57. The summed E-state index contributed by atoms with van der Waals surface area (Å²) >= 11 is 0. The molecule has 2 amide bonds. The van der Waals surface area contributed by atoms with E-state index in [4.69, 9.17) is 10.3 Å². The van der Waals surface area contributed by atoms with Crippen molar-refractivity contribution in [3.63, 3.8) is 0 Å². The van der Waals surface area contributed by atoms with Gasteiger partial charge >= 0.3 is 0 Å². The molecule has 3 rings (SSSR count). The van der Waals surface area contributed by atoms with Crippen molar-refractivity contribution in [3.8, 4) is 11.4 Å². The van der Waals surface area contributed by atoms with E-state index in [1.165, 1.54) is 0 Å². The van der Waals surface area contributed by atoms with E-state index < -0.39 is 23.6 Å². The number of ketones is 1. The van der Waals surface area contributed by atoms with Gasteiger partial charge in [0.15, 0.2) is 0 Å². The van der Waals surface area contributed by atoms with Gasteiger partial charge in [-0.15, -0.1) is 0 Å². The number of nitrogens with one attached hydrogen (secondary N) is 1. The van der Waals surface area contributed by atoms with Crippen molar-refractivity contribution in [1.29, 1.82) is 0 Å². The van der Waals surface area contributed by atoms with Gasteiger partial charge < -0.3 is 15.6 Å². The lowest BCUT2D eigenvalue weighted by molar-refractivity contribution is -0.137. The van der Waals surface area contributed by atoms with Gasteiger partial charge in [0.2, 0.25) is 5.78 Å². The Labute approximate surface area is 153 Å². The van der Waals surface area contributed by atoms with E-state index in [1.54, 1.807) is 48.9 Å². The van der Waals surface area contributed by atoms with Crippen LogP contribution in [0.15, 0.2) is 59.7 Å². The molecule has 9 nitrogen and oxygen atoms in total. The number of carbonyl (C=O) groups excluding carboxylic acids is 3. The van der Waals surface area contributed by atoms with Gasteiger partial charge in [-0.05, 0) is 29.8 Å². The number of aromatic nitrogens is 3. The molecule has 0 aliphatic heterocycles. The predicted molar refractivity (Wildman–Crippen MR) is 93.1 cm³/mol. The van der Waals surface area contributed by atoms with Gasteiger partial charge in [0, 0.05) is 25.0 Å². The van der Waals surface area contributed by atoms with Crippen molar-refractivity contribution in [3.05, 3.63) is 66.3 Å². The third-order valence-electron chi connectivity index (χ3n) is 3.78. The highest BCUT2D eigenvalue weighted by molar-refractivity contribution is 6.38. The summed E-state index contributed by atoms with van der Waals surface area (Å²) in [5.74, 6) is -2.67. The van der Waals surface area contributed by atoms with E-state index >= 15 is 0 Å². The molecule has 3 heterocycles. The number of rotatable bonds is 7. The molecule has 0 saturated heterocycles.